The molecule has 2 rings (SSSR count). The number of anilines is 1. The molecule has 118 valence electrons. The Labute approximate surface area is 135 Å². The van der Waals surface area contributed by atoms with Gasteiger partial charge in [-0.2, -0.15) is 5.26 Å². The minimum Gasteiger partial charge on any atom is -0.496 e. The lowest BCUT2D eigenvalue weighted by atomic mass is 10.1. The molecule has 0 saturated carbocycles. The summed E-state index contributed by atoms with van der Waals surface area (Å²) in [5.41, 5.74) is 2.47. The van der Waals surface area contributed by atoms with Crippen LogP contribution in [-0.4, -0.2) is 26.1 Å². The van der Waals surface area contributed by atoms with Gasteiger partial charge in [0.1, 0.15) is 5.75 Å². The van der Waals surface area contributed by atoms with E-state index in [0.29, 0.717) is 18.5 Å². The van der Waals surface area contributed by atoms with Gasteiger partial charge in [0, 0.05) is 12.2 Å². The lowest BCUT2D eigenvalue weighted by Gasteiger charge is -2.10. The molecule has 0 spiro atoms. The Morgan fingerprint density at radius 1 is 1.17 bits per heavy atom. The van der Waals surface area contributed by atoms with Crippen LogP contribution in [0.1, 0.15) is 11.1 Å². The first-order valence-electron chi connectivity index (χ1n) is 7.35. The molecule has 2 aromatic rings. The molecular formula is C18H19N3O2. The summed E-state index contributed by atoms with van der Waals surface area (Å²) in [5, 5.41) is 14.6. The lowest BCUT2D eigenvalue weighted by Crippen LogP contribution is -2.31. The number of rotatable bonds is 7. The number of hydrogen-bond acceptors (Lipinski definition) is 4. The van der Waals surface area contributed by atoms with Gasteiger partial charge in [-0.15, -0.1) is 0 Å². The summed E-state index contributed by atoms with van der Waals surface area (Å²) in [6.07, 6.45) is 0.715. The number of nitrogens with one attached hydrogen (secondary N) is 2. The van der Waals surface area contributed by atoms with Crippen LogP contribution in [0.15, 0.2) is 48.5 Å². The number of amides is 1. The highest BCUT2D eigenvalue weighted by atomic mass is 16.5. The molecule has 0 bridgehead atoms. The molecule has 0 radical (unpaired) electrons. The number of benzene rings is 2. The predicted molar refractivity (Wildman–Crippen MR) is 89.4 cm³/mol. The molecule has 23 heavy (non-hydrogen) atoms. The van der Waals surface area contributed by atoms with Crippen LogP contribution >= 0.6 is 0 Å². The van der Waals surface area contributed by atoms with E-state index in [4.69, 9.17) is 10.00 Å². The van der Waals surface area contributed by atoms with Gasteiger partial charge in [-0.3, -0.25) is 4.79 Å². The number of nitrogens with zero attached hydrogens (tertiary/aromatic N) is 1. The van der Waals surface area contributed by atoms with Crippen LogP contribution in [0.4, 0.5) is 5.69 Å². The maximum Gasteiger partial charge on any atom is 0.239 e. The van der Waals surface area contributed by atoms with Crippen molar-refractivity contribution in [3.05, 3.63) is 59.7 Å². The zero-order chi connectivity index (χ0) is 16.5. The van der Waals surface area contributed by atoms with Gasteiger partial charge < -0.3 is 15.4 Å². The second-order valence-corrected chi connectivity index (χ2v) is 4.95. The highest BCUT2D eigenvalue weighted by molar-refractivity contribution is 5.80. The van der Waals surface area contributed by atoms with E-state index in [1.807, 2.05) is 24.3 Å². The summed E-state index contributed by atoms with van der Waals surface area (Å²) in [5.74, 6) is 0.752. The minimum atomic E-state index is -0.0794. The Morgan fingerprint density at radius 3 is 2.61 bits per heavy atom. The Hall–Kier alpha value is -3.00. The van der Waals surface area contributed by atoms with E-state index in [0.717, 1.165) is 17.0 Å². The van der Waals surface area contributed by atoms with Crippen LogP contribution in [0.3, 0.4) is 0 Å². The quantitative estimate of drug-likeness (QED) is 0.823. The minimum absolute atomic E-state index is 0.0794. The van der Waals surface area contributed by atoms with Crippen molar-refractivity contribution >= 4 is 11.6 Å². The van der Waals surface area contributed by atoms with Crippen LogP contribution in [0.25, 0.3) is 0 Å². The predicted octanol–water partition coefficient (Wildman–Crippen LogP) is 2.34. The topological polar surface area (TPSA) is 74.2 Å². The number of hydrogen-bond donors (Lipinski definition) is 2. The fourth-order valence-electron chi connectivity index (χ4n) is 2.15. The normalized spacial score (nSPS) is 9.74. The SMILES string of the molecule is COc1ccccc1CCNC(=O)CNc1ccc(C#N)cc1. The molecule has 2 aromatic carbocycles. The van der Waals surface area contributed by atoms with Crippen molar-refractivity contribution < 1.29 is 9.53 Å². The highest BCUT2D eigenvalue weighted by Crippen LogP contribution is 2.17. The molecule has 5 heteroatoms. The molecule has 5 nitrogen and oxygen atoms in total. The fourth-order valence-corrected chi connectivity index (χ4v) is 2.15. The molecule has 0 aliphatic heterocycles. The first-order valence-corrected chi connectivity index (χ1v) is 7.35. The maximum atomic E-state index is 11.8. The van der Waals surface area contributed by atoms with Crippen LogP contribution < -0.4 is 15.4 Å². The van der Waals surface area contributed by atoms with Crippen molar-refractivity contribution in [1.29, 1.82) is 5.26 Å². The zero-order valence-corrected chi connectivity index (χ0v) is 13.0. The maximum absolute atomic E-state index is 11.8. The van der Waals surface area contributed by atoms with Crippen LogP contribution in [-0.2, 0) is 11.2 Å². The molecular weight excluding hydrogens is 290 g/mol. The fraction of sp³-hybridized carbons (Fsp3) is 0.222. The standard InChI is InChI=1S/C18H19N3O2/c1-23-17-5-3-2-4-15(17)10-11-20-18(22)13-21-16-8-6-14(12-19)7-9-16/h2-9,21H,10-11,13H2,1H3,(H,20,22). The molecule has 2 N–H and O–H groups in total. The van der Waals surface area contributed by atoms with Gasteiger partial charge in [0.25, 0.3) is 0 Å². The van der Waals surface area contributed by atoms with Crippen molar-refractivity contribution in [1.82, 2.24) is 5.32 Å². The number of methoxy groups -OCH3 is 1. The van der Waals surface area contributed by atoms with E-state index < -0.39 is 0 Å². The van der Waals surface area contributed by atoms with Crippen LogP contribution in [0.5, 0.6) is 5.75 Å². The molecule has 0 fully saturated rings. The average molecular weight is 309 g/mol. The number of ether oxygens (including phenoxy) is 1. The molecule has 0 unspecified atom stereocenters. The van der Waals surface area contributed by atoms with E-state index in [9.17, 15) is 4.79 Å². The van der Waals surface area contributed by atoms with E-state index in [-0.39, 0.29) is 12.5 Å². The molecule has 0 atom stereocenters. The van der Waals surface area contributed by atoms with Crippen molar-refractivity contribution in [2.45, 2.75) is 6.42 Å². The highest BCUT2D eigenvalue weighted by Gasteiger charge is 2.04. The van der Waals surface area contributed by atoms with Gasteiger partial charge in [0.2, 0.25) is 5.91 Å². The Balaban J connectivity index is 1.73. The van der Waals surface area contributed by atoms with Crippen LogP contribution in [0, 0.1) is 11.3 Å². The lowest BCUT2D eigenvalue weighted by molar-refractivity contribution is -0.119. The van der Waals surface area contributed by atoms with Gasteiger partial charge in [-0.05, 0) is 42.3 Å². The summed E-state index contributed by atoms with van der Waals surface area (Å²) in [7, 11) is 1.64. The van der Waals surface area contributed by atoms with Gasteiger partial charge in [0.05, 0.1) is 25.3 Å². The third kappa shape index (κ3) is 5.04. The molecule has 0 aliphatic rings. The second-order valence-electron chi connectivity index (χ2n) is 4.95. The number of carbonyl (C=O) groups excluding carboxylic acids is 1. The molecule has 1 amide bonds. The van der Waals surface area contributed by atoms with Crippen molar-refractivity contribution in [3.8, 4) is 11.8 Å². The van der Waals surface area contributed by atoms with E-state index >= 15 is 0 Å². The largest absolute Gasteiger partial charge is 0.496 e. The van der Waals surface area contributed by atoms with Gasteiger partial charge >= 0.3 is 0 Å². The number of carbonyl (C=O) groups is 1. The molecule has 0 heterocycles. The summed E-state index contributed by atoms with van der Waals surface area (Å²) in [6, 6.07) is 16.8. The average Bonchev–Trinajstić information content (AvgIpc) is 2.61. The third-order valence-electron chi connectivity index (χ3n) is 3.38. The van der Waals surface area contributed by atoms with Crippen molar-refractivity contribution in [3.63, 3.8) is 0 Å². The Morgan fingerprint density at radius 2 is 1.91 bits per heavy atom. The first-order chi connectivity index (χ1) is 11.2. The summed E-state index contributed by atoms with van der Waals surface area (Å²) in [6.45, 7) is 0.742. The van der Waals surface area contributed by atoms with E-state index in [2.05, 4.69) is 16.7 Å². The van der Waals surface area contributed by atoms with E-state index in [1.54, 1.807) is 31.4 Å². The Kier molecular flexibility index (Phi) is 6.01. The second kappa shape index (κ2) is 8.44. The smallest absolute Gasteiger partial charge is 0.239 e. The Bertz CT molecular complexity index is 690. The summed E-state index contributed by atoms with van der Waals surface area (Å²) < 4.78 is 5.28. The van der Waals surface area contributed by atoms with Crippen molar-refractivity contribution in [2.24, 2.45) is 0 Å². The summed E-state index contributed by atoms with van der Waals surface area (Å²) in [4.78, 5) is 11.8. The molecule has 0 aliphatic carbocycles. The van der Waals surface area contributed by atoms with Gasteiger partial charge in [-0.25, -0.2) is 0 Å². The molecule has 0 aromatic heterocycles. The van der Waals surface area contributed by atoms with Crippen LogP contribution in [0.2, 0.25) is 0 Å². The molecule has 0 saturated heterocycles. The number of nitriles is 1. The monoisotopic (exact) mass is 309 g/mol. The first kappa shape index (κ1) is 16.4. The third-order valence-corrected chi connectivity index (χ3v) is 3.38. The number of para-hydroxylation sites is 1. The van der Waals surface area contributed by atoms with E-state index in [1.165, 1.54) is 0 Å². The van der Waals surface area contributed by atoms with Crippen molar-refractivity contribution in [2.75, 3.05) is 25.5 Å². The van der Waals surface area contributed by atoms with Gasteiger partial charge in [-0.1, -0.05) is 18.2 Å². The zero-order valence-electron chi connectivity index (χ0n) is 13.0. The summed E-state index contributed by atoms with van der Waals surface area (Å²) >= 11 is 0. The van der Waals surface area contributed by atoms with Gasteiger partial charge in [0.15, 0.2) is 0 Å².